The number of allylic oxidation sites excluding steroid dienone is 3. The van der Waals surface area contributed by atoms with Gasteiger partial charge in [-0.1, -0.05) is 38.2 Å². The van der Waals surface area contributed by atoms with Gasteiger partial charge in [-0.2, -0.15) is 0 Å². The van der Waals surface area contributed by atoms with Gasteiger partial charge >= 0.3 is 0 Å². The molecule has 1 atom stereocenters. The molecule has 1 heteroatoms. The van der Waals surface area contributed by atoms with Crippen LogP contribution >= 0.6 is 0 Å². The molecule has 1 nitrogen and oxygen atoms in total. The maximum atomic E-state index is 5.31. The Hall–Kier alpha value is -0.560. The second-order valence-electron chi connectivity index (χ2n) is 2.76. The van der Waals surface area contributed by atoms with Crippen molar-refractivity contribution in [2.45, 2.75) is 26.7 Å². The van der Waals surface area contributed by atoms with Crippen molar-refractivity contribution in [1.82, 2.24) is 0 Å². The van der Waals surface area contributed by atoms with Crippen LogP contribution in [0.3, 0.4) is 0 Å². The van der Waals surface area contributed by atoms with Crippen molar-refractivity contribution >= 4 is 0 Å². The highest BCUT2D eigenvalue weighted by atomic mass is 14.5. The summed E-state index contributed by atoms with van der Waals surface area (Å²) < 4.78 is 0. The average Bonchev–Trinajstić information content (AvgIpc) is 2.01. The summed E-state index contributed by atoms with van der Waals surface area (Å²) in [4.78, 5) is 0. The number of hydrogen-bond acceptors (Lipinski definition) is 1. The molecule has 0 aromatic carbocycles. The fourth-order valence-electron chi connectivity index (χ4n) is 0.854. The zero-order chi connectivity index (χ0) is 8.53. The van der Waals surface area contributed by atoms with Crippen LogP contribution in [0.1, 0.15) is 26.7 Å². The summed E-state index contributed by atoms with van der Waals surface area (Å²) in [7, 11) is 0. The van der Waals surface area contributed by atoms with Gasteiger partial charge in [0, 0.05) is 6.54 Å². The maximum Gasteiger partial charge on any atom is 0.0106 e. The minimum atomic E-state index is 0.651. The molecule has 0 heterocycles. The minimum absolute atomic E-state index is 0.651. The Morgan fingerprint density at radius 3 is 2.55 bits per heavy atom. The number of rotatable bonds is 5. The average molecular weight is 153 g/mol. The van der Waals surface area contributed by atoms with Crippen LogP contribution in [-0.4, -0.2) is 6.54 Å². The molecule has 11 heavy (non-hydrogen) atoms. The molecule has 0 aliphatic heterocycles. The van der Waals surface area contributed by atoms with Gasteiger partial charge in [0.25, 0.3) is 0 Å². The smallest absolute Gasteiger partial charge is 0.0106 e. The first-order valence-electron chi connectivity index (χ1n) is 4.33. The molecule has 0 bridgehead atoms. The molecule has 0 amide bonds. The summed E-state index contributed by atoms with van der Waals surface area (Å²) in [6.07, 6.45) is 10.8. The molecular formula is C10H19N. The van der Waals surface area contributed by atoms with E-state index in [2.05, 4.69) is 32.1 Å². The SMILES string of the molecule is CCC=CC(C)CC=CCN. The van der Waals surface area contributed by atoms with E-state index in [-0.39, 0.29) is 0 Å². The second kappa shape index (κ2) is 7.55. The van der Waals surface area contributed by atoms with E-state index in [0.717, 1.165) is 12.8 Å². The zero-order valence-corrected chi connectivity index (χ0v) is 7.59. The summed E-state index contributed by atoms with van der Waals surface area (Å²) in [5.74, 6) is 0.651. The van der Waals surface area contributed by atoms with Crippen molar-refractivity contribution in [3.05, 3.63) is 24.3 Å². The number of nitrogens with two attached hydrogens (primary N) is 1. The summed E-state index contributed by atoms with van der Waals surface area (Å²) in [5, 5.41) is 0. The van der Waals surface area contributed by atoms with Crippen LogP contribution in [0, 0.1) is 5.92 Å². The van der Waals surface area contributed by atoms with Gasteiger partial charge in [-0.3, -0.25) is 0 Å². The second-order valence-corrected chi connectivity index (χ2v) is 2.76. The Morgan fingerprint density at radius 1 is 1.27 bits per heavy atom. The van der Waals surface area contributed by atoms with Crippen molar-refractivity contribution < 1.29 is 0 Å². The van der Waals surface area contributed by atoms with E-state index in [0.29, 0.717) is 12.5 Å². The molecule has 2 N–H and O–H groups in total. The van der Waals surface area contributed by atoms with Crippen LogP contribution in [0.15, 0.2) is 24.3 Å². The van der Waals surface area contributed by atoms with Crippen molar-refractivity contribution in [2.24, 2.45) is 11.7 Å². The van der Waals surface area contributed by atoms with E-state index in [1.54, 1.807) is 0 Å². The predicted octanol–water partition coefficient (Wildman–Crippen LogP) is 2.49. The zero-order valence-electron chi connectivity index (χ0n) is 7.59. The lowest BCUT2D eigenvalue weighted by Gasteiger charge is -1.99. The van der Waals surface area contributed by atoms with Crippen molar-refractivity contribution in [3.8, 4) is 0 Å². The Bertz CT molecular complexity index is 125. The lowest BCUT2D eigenvalue weighted by atomic mass is 10.1. The van der Waals surface area contributed by atoms with E-state index in [9.17, 15) is 0 Å². The standard InChI is InChI=1S/C10H19N/c1-3-4-7-10(2)8-5-6-9-11/h4-7,10H,3,8-9,11H2,1-2H3. The molecule has 0 aromatic heterocycles. The lowest BCUT2D eigenvalue weighted by Crippen LogP contribution is -1.93. The highest BCUT2D eigenvalue weighted by Gasteiger charge is 1.90. The van der Waals surface area contributed by atoms with Crippen LogP contribution in [0.4, 0.5) is 0 Å². The first-order valence-corrected chi connectivity index (χ1v) is 4.33. The Balaban J connectivity index is 3.43. The molecule has 0 spiro atoms. The van der Waals surface area contributed by atoms with E-state index < -0.39 is 0 Å². The predicted molar refractivity (Wildman–Crippen MR) is 51.4 cm³/mol. The molecule has 0 aliphatic rings. The van der Waals surface area contributed by atoms with Crippen molar-refractivity contribution in [3.63, 3.8) is 0 Å². The summed E-state index contributed by atoms with van der Waals surface area (Å²) in [6, 6.07) is 0. The molecule has 1 unspecified atom stereocenters. The molecule has 0 fully saturated rings. The Morgan fingerprint density at radius 2 is 2.00 bits per heavy atom. The molecule has 0 saturated heterocycles. The van der Waals surface area contributed by atoms with Gasteiger partial charge in [0.15, 0.2) is 0 Å². The molecule has 0 rings (SSSR count). The fraction of sp³-hybridized carbons (Fsp3) is 0.600. The first kappa shape index (κ1) is 10.4. The van der Waals surface area contributed by atoms with Gasteiger partial charge in [-0.05, 0) is 18.8 Å². The van der Waals surface area contributed by atoms with Crippen LogP contribution in [0.5, 0.6) is 0 Å². The quantitative estimate of drug-likeness (QED) is 0.603. The van der Waals surface area contributed by atoms with Gasteiger partial charge in [-0.15, -0.1) is 0 Å². The molecule has 0 aromatic rings. The minimum Gasteiger partial charge on any atom is -0.327 e. The van der Waals surface area contributed by atoms with Crippen LogP contribution in [0.2, 0.25) is 0 Å². The summed E-state index contributed by atoms with van der Waals surface area (Å²) >= 11 is 0. The first-order chi connectivity index (χ1) is 5.31. The Kier molecular flexibility index (Phi) is 7.16. The highest BCUT2D eigenvalue weighted by Crippen LogP contribution is 2.04. The fourth-order valence-corrected chi connectivity index (χ4v) is 0.854. The summed E-state index contributed by atoms with van der Waals surface area (Å²) in [6.45, 7) is 5.02. The molecule has 0 radical (unpaired) electrons. The van der Waals surface area contributed by atoms with Crippen molar-refractivity contribution in [1.29, 1.82) is 0 Å². The molecular weight excluding hydrogens is 134 g/mol. The van der Waals surface area contributed by atoms with E-state index in [1.807, 2.05) is 6.08 Å². The van der Waals surface area contributed by atoms with Crippen LogP contribution in [0.25, 0.3) is 0 Å². The molecule has 0 saturated carbocycles. The third kappa shape index (κ3) is 7.34. The molecule has 0 aliphatic carbocycles. The highest BCUT2D eigenvalue weighted by molar-refractivity contribution is 4.92. The largest absolute Gasteiger partial charge is 0.327 e. The third-order valence-electron chi connectivity index (χ3n) is 1.51. The normalized spacial score (nSPS) is 14.8. The third-order valence-corrected chi connectivity index (χ3v) is 1.51. The monoisotopic (exact) mass is 153 g/mol. The lowest BCUT2D eigenvalue weighted by molar-refractivity contribution is 0.739. The van der Waals surface area contributed by atoms with Gasteiger partial charge in [0.1, 0.15) is 0 Å². The van der Waals surface area contributed by atoms with Gasteiger partial charge in [0.05, 0.1) is 0 Å². The van der Waals surface area contributed by atoms with Gasteiger partial charge in [0.2, 0.25) is 0 Å². The topological polar surface area (TPSA) is 26.0 Å². The maximum absolute atomic E-state index is 5.31. The van der Waals surface area contributed by atoms with E-state index >= 15 is 0 Å². The van der Waals surface area contributed by atoms with Crippen LogP contribution < -0.4 is 5.73 Å². The van der Waals surface area contributed by atoms with E-state index in [4.69, 9.17) is 5.73 Å². The summed E-state index contributed by atoms with van der Waals surface area (Å²) in [5.41, 5.74) is 5.31. The van der Waals surface area contributed by atoms with Gasteiger partial charge in [-0.25, -0.2) is 0 Å². The van der Waals surface area contributed by atoms with E-state index in [1.165, 1.54) is 0 Å². The van der Waals surface area contributed by atoms with Gasteiger partial charge < -0.3 is 5.73 Å². The number of hydrogen-bond donors (Lipinski definition) is 1. The van der Waals surface area contributed by atoms with Crippen molar-refractivity contribution in [2.75, 3.05) is 6.54 Å². The Labute approximate surface area is 70.0 Å². The van der Waals surface area contributed by atoms with Crippen LogP contribution in [-0.2, 0) is 0 Å². The molecule has 64 valence electrons.